The minimum Gasteiger partial charge on any atom is -0.481 e. The number of hydrogen-bond donors (Lipinski definition) is 2. The number of thioether (sulfide) groups is 1. The molecule has 0 saturated carbocycles. The summed E-state index contributed by atoms with van der Waals surface area (Å²) in [6.45, 7) is 0.478. The van der Waals surface area contributed by atoms with Crippen molar-refractivity contribution in [3.05, 3.63) is 35.9 Å². The SMILES string of the molecule is O=C(O)CC1CSCCN1C(=O)C(O)c1ccccc1. The summed E-state index contributed by atoms with van der Waals surface area (Å²) in [5.41, 5.74) is 0.532. The summed E-state index contributed by atoms with van der Waals surface area (Å²) < 4.78 is 0. The fourth-order valence-corrected chi connectivity index (χ4v) is 3.31. The maximum atomic E-state index is 12.4. The number of carboxylic acid groups (broad SMARTS) is 1. The molecule has 0 aromatic heterocycles. The van der Waals surface area contributed by atoms with Crippen molar-refractivity contribution in [2.24, 2.45) is 0 Å². The van der Waals surface area contributed by atoms with Gasteiger partial charge in [0.25, 0.3) is 5.91 Å². The van der Waals surface area contributed by atoms with Gasteiger partial charge >= 0.3 is 5.97 Å². The van der Waals surface area contributed by atoms with Gasteiger partial charge in [-0.2, -0.15) is 11.8 Å². The fraction of sp³-hybridized carbons (Fsp3) is 0.429. The van der Waals surface area contributed by atoms with Crippen molar-refractivity contribution in [3.63, 3.8) is 0 Å². The van der Waals surface area contributed by atoms with Gasteiger partial charge in [0, 0.05) is 18.1 Å². The molecule has 1 aromatic rings. The molecule has 5 nitrogen and oxygen atoms in total. The number of nitrogens with zero attached hydrogens (tertiary/aromatic N) is 1. The van der Waals surface area contributed by atoms with Gasteiger partial charge in [-0.05, 0) is 5.56 Å². The van der Waals surface area contributed by atoms with Gasteiger partial charge in [0.15, 0.2) is 6.10 Å². The first-order valence-electron chi connectivity index (χ1n) is 6.42. The number of carbonyl (C=O) groups excluding carboxylic acids is 1. The topological polar surface area (TPSA) is 77.8 Å². The summed E-state index contributed by atoms with van der Waals surface area (Å²) in [7, 11) is 0. The minimum absolute atomic E-state index is 0.0831. The van der Waals surface area contributed by atoms with E-state index in [1.807, 2.05) is 6.07 Å². The van der Waals surface area contributed by atoms with Crippen LogP contribution in [0, 0.1) is 0 Å². The molecule has 0 spiro atoms. The monoisotopic (exact) mass is 295 g/mol. The Morgan fingerprint density at radius 1 is 1.35 bits per heavy atom. The van der Waals surface area contributed by atoms with Gasteiger partial charge in [0.2, 0.25) is 0 Å². The van der Waals surface area contributed by atoms with Crippen molar-refractivity contribution in [2.45, 2.75) is 18.6 Å². The lowest BCUT2D eigenvalue weighted by atomic mass is 10.1. The number of aliphatic hydroxyl groups is 1. The molecule has 20 heavy (non-hydrogen) atoms. The van der Waals surface area contributed by atoms with Crippen LogP contribution in [-0.2, 0) is 9.59 Å². The summed E-state index contributed by atoms with van der Waals surface area (Å²) in [5, 5.41) is 19.1. The molecular weight excluding hydrogens is 278 g/mol. The van der Waals surface area contributed by atoms with E-state index in [0.717, 1.165) is 5.75 Å². The average Bonchev–Trinajstić information content (AvgIpc) is 2.46. The summed E-state index contributed by atoms with van der Waals surface area (Å²) in [4.78, 5) is 24.7. The lowest BCUT2D eigenvalue weighted by Crippen LogP contribution is -2.48. The second-order valence-corrected chi connectivity index (χ2v) is 5.82. The van der Waals surface area contributed by atoms with Crippen molar-refractivity contribution >= 4 is 23.6 Å². The lowest BCUT2D eigenvalue weighted by molar-refractivity contribution is -0.145. The lowest BCUT2D eigenvalue weighted by Gasteiger charge is -2.35. The van der Waals surface area contributed by atoms with Crippen LogP contribution in [0.3, 0.4) is 0 Å². The molecule has 0 bridgehead atoms. The molecule has 1 aromatic carbocycles. The van der Waals surface area contributed by atoms with E-state index in [0.29, 0.717) is 17.9 Å². The third-order valence-electron chi connectivity index (χ3n) is 3.27. The third kappa shape index (κ3) is 3.52. The number of rotatable bonds is 4. The molecule has 1 aliphatic heterocycles. The molecule has 108 valence electrons. The number of carbonyl (C=O) groups is 2. The third-order valence-corrected chi connectivity index (χ3v) is 4.36. The van der Waals surface area contributed by atoms with E-state index in [-0.39, 0.29) is 12.5 Å². The van der Waals surface area contributed by atoms with E-state index in [2.05, 4.69) is 0 Å². The Balaban J connectivity index is 2.11. The molecular formula is C14H17NO4S. The van der Waals surface area contributed by atoms with Crippen molar-refractivity contribution in [1.29, 1.82) is 0 Å². The molecule has 0 aliphatic carbocycles. The number of aliphatic hydroxyl groups excluding tert-OH is 1. The summed E-state index contributed by atoms with van der Waals surface area (Å²) in [6, 6.07) is 8.35. The van der Waals surface area contributed by atoms with Crippen molar-refractivity contribution in [2.75, 3.05) is 18.1 Å². The molecule has 2 atom stereocenters. The maximum absolute atomic E-state index is 12.4. The van der Waals surface area contributed by atoms with Crippen LogP contribution in [0.25, 0.3) is 0 Å². The normalized spacial score (nSPS) is 20.4. The maximum Gasteiger partial charge on any atom is 0.305 e. The first-order valence-corrected chi connectivity index (χ1v) is 7.58. The van der Waals surface area contributed by atoms with Gasteiger partial charge in [-0.3, -0.25) is 9.59 Å². The van der Waals surface area contributed by atoms with Crippen molar-refractivity contribution < 1.29 is 19.8 Å². The van der Waals surface area contributed by atoms with Crippen LogP contribution in [0.1, 0.15) is 18.1 Å². The predicted molar refractivity (Wildman–Crippen MR) is 76.5 cm³/mol. The van der Waals surface area contributed by atoms with Gasteiger partial charge < -0.3 is 15.1 Å². The van der Waals surface area contributed by atoms with E-state index in [4.69, 9.17) is 5.11 Å². The predicted octanol–water partition coefficient (Wildman–Crippen LogP) is 1.14. The Morgan fingerprint density at radius 2 is 2.05 bits per heavy atom. The Morgan fingerprint density at radius 3 is 2.70 bits per heavy atom. The summed E-state index contributed by atoms with van der Waals surface area (Å²) in [5.74, 6) is 0.0235. The zero-order valence-corrected chi connectivity index (χ0v) is 11.8. The van der Waals surface area contributed by atoms with Crippen LogP contribution in [0.4, 0.5) is 0 Å². The average molecular weight is 295 g/mol. The quantitative estimate of drug-likeness (QED) is 0.871. The van der Waals surface area contributed by atoms with Crippen LogP contribution in [-0.4, -0.2) is 51.1 Å². The number of hydrogen-bond acceptors (Lipinski definition) is 4. The fourth-order valence-electron chi connectivity index (χ4n) is 2.25. The Hall–Kier alpha value is -1.53. The Bertz CT molecular complexity index is 479. The largest absolute Gasteiger partial charge is 0.481 e. The van der Waals surface area contributed by atoms with Gasteiger partial charge in [-0.15, -0.1) is 0 Å². The molecule has 6 heteroatoms. The highest BCUT2D eigenvalue weighted by molar-refractivity contribution is 7.99. The molecule has 1 aliphatic rings. The molecule has 2 unspecified atom stereocenters. The highest BCUT2D eigenvalue weighted by atomic mass is 32.2. The zero-order valence-electron chi connectivity index (χ0n) is 10.9. The molecule has 1 saturated heterocycles. The van der Waals surface area contributed by atoms with Gasteiger partial charge in [-0.25, -0.2) is 0 Å². The van der Waals surface area contributed by atoms with E-state index < -0.39 is 18.0 Å². The standard InChI is InChI=1S/C14H17NO4S/c16-12(17)8-11-9-20-7-6-15(11)14(19)13(18)10-4-2-1-3-5-10/h1-5,11,13,18H,6-9H2,(H,16,17). The van der Waals surface area contributed by atoms with Gasteiger partial charge in [0.05, 0.1) is 12.5 Å². The number of aliphatic carboxylic acids is 1. The molecule has 1 fully saturated rings. The summed E-state index contributed by atoms with van der Waals surface area (Å²) in [6.07, 6.45) is -1.31. The van der Waals surface area contributed by atoms with Crippen molar-refractivity contribution in [3.8, 4) is 0 Å². The smallest absolute Gasteiger partial charge is 0.305 e. The first kappa shape index (κ1) is 14.9. The van der Waals surface area contributed by atoms with E-state index in [1.54, 1.807) is 36.0 Å². The molecule has 2 rings (SSSR count). The summed E-state index contributed by atoms with van der Waals surface area (Å²) >= 11 is 1.63. The number of carboxylic acids is 1. The van der Waals surface area contributed by atoms with Crippen molar-refractivity contribution in [1.82, 2.24) is 4.90 Å². The second kappa shape index (κ2) is 6.76. The molecule has 2 N–H and O–H groups in total. The van der Waals surface area contributed by atoms with Crippen LogP contribution in [0.2, 0.25) is 0 Å². The Labute approximate surface area is 121 Å². The van der Waals surface area contributed by atoms with Crippen LogP contribution in [0.5, 0.6) is 0 Å². The highest BCUT2D eigenvalue weighted by Crippen LogP contribution is 2.23. The van der Waals surface area contributed by atoms with E-state index in [9.17, 15) is 14.7 Å². The van der Waals surface area contributed by atoms with Gasteiger partial charge in [-0.1, -0.05) is 30.3 Å². The van der Waals surface area contributed by atoms with Gasteiger partial charge in [0.1, 0.15) is 0 Å². The van der Waals surface area contributed by atoms with E-state index in [1.165, 1.54) is 4.90 Å². The second-order valence-electron chi connectivity index (χ2n) is 4.67. The zero-order chi connectivity index (χ0) is 14.5. The Kier molecular flexibility index (Phi) is 5.03. The first-order chi connectivity index (χ1) is 9.59. The van der Waals surface area contributed by atoms with Crippen LogP contribution in [0.15, 0.2) is 30.3 Å². The molecule has 1 amide bonds. The van der Waals surface area contributed by atoms with E-state index >= 15 is 0 Å². The molecule has 1 heterocycles. The number of benzene rings is 1. The minimum atomic E-state index is -1.23. The number of amides is 1. The highest BCUT2D eigenvalue weighted by Gasteiger charge is 2.32. The molecule has 0 radical (unpaired) electrons. The van der Waals surface area contributed by atoms with Crippen LogP contribution < -0.4 is 0 Å². The van der Waals surface area contributed by atoms with Crippen LogP contribution >= 0.6 is 11.8 Å².